The number of hydrogen-bond donors (Lipinski definition) is 5. The van der Waals surface area contributed by atoms with Crippen LogP contribution in [-0.2, 0) is 16.0 Å². The number of ether oxygens (including phenoxy) is 1. The Kier molecular flexibility index (Phi) is 10.9. The number of nitrogens with two attached hydrogens (primary N) is 2. The molecule has 7 N–H and O–H groups in total. The highest BCUT2D eigenvalue weighted by molar-refractivity contribution is 5.95. The number of hydrogen-bond acceptors (Lipinski definition) is 7. The highest BCUT2D eigenvalue weighted by Crippen LogP contribution is 2.24. The molecule has 0 aliphatic rings. The third-order valence-corrected chi connectivity index (χ3v) is 5.42. The van der Waals surface area contributed by atoms with Gasteiger partial charge in [-0.25, -0.2) is 9.78 Å². The van der Waals surface area contributed by atoms with Gasteiger partial charge >= 0.3 is 5.97 Å². The van der Waals surface area contributed by atoms with Crippen molar-refractivity contribution >= 4 is 23.7 Å². The molecule has 2 unspecified atom stereocenters. The van der Waals surface area contributed by atoms with E-state index in [2.05, 4.69) is 20.6 Å². The van der Waals surface area contributed by atoms with Crippen molar-refractivity contribution in [3.8, 4) is 5.75 Å². The van der Waals surface area contributed by atoms with Gasteiger partial charge in [-0.2, -0.15) is 0 Å². The average molecular weight is 517 g/mol. The normalized spacial score (nSPS) is 12.5. The van der Waals surface area contributed by atoms with Gasteiger partial charge in [0.15, 0.2) is 11.7 Å². The second-order valence-corrected chi connectivity index (χ2v) is 9.05. The summed E-state index contributed by atoms with van der Waals surface area (Å²) < 4.78 is 11.0. The van der Waals surface area contributed by atoms with Gasteiger partial charge in [-0.1, -0.05) is 26.0 Å². The van der Waals surface area contributed by atoms with Crippen LogP contribution in [0, 0.1) is 12.8 Å². The second-order valence-electron chi connectivity index (χ2n) is 9.05. The molecule has 0 aliphatic carbocycles. The van der Waals surface area contributed by atoms with Crippen LogP contribution in [0.4, 0.5) is 0 Å². The number of carbonyl (C=O) groups excluding carboxylic acids is 2. The molecular weight excluding hydrogens is 480 g/mol. The molecule has 0 aliphatic heterocycles. The number of nitrogens with zero attached hydrogens (tertiary/aromatic N) is 2. The lowest BCUT2D eigenvalue weighted by Crippen LogP contribution is -2.41. The smallest absolute Gasteiger partial charge is 0.326 e. The largest absolute Gasteiger partial charge is 0.497 e. The van der Waals surface area contributed by atoms with E-state index >= 15 is 0 Å². The topological polar surface area (TPSA) is 195 Å². The molecule has 0 fully saturated rings. The van der Waals surface area contributed by atoms with Crippen molar-refractivity contribution in [2.24, 2.45) is 22.4 Å². The molecule has 2 rings (SSSR count). The van der Waals surface area contributed by atoms with Crippen LogP contribution in [0.1, 0.15) is 66.9 Å². The van der Waals surface area contributed by atoms with Gasteiger partial charge in [0.2, 0.25) is 11.8 Å². The number of methoxy groups -OCH3 is 1. The number of aliphatic imine (C=N–C) groups is 1. The van der Waals surface area contributed by atoms with Gasteiger partial charge in [0.25, 0.3) is 5.91 Å². The quantitative estimate of drug-likeness (QED) is 0.141. The first kappa shape index (κ1) is 29.1. The van der Waals surface area contributed by atoms with Crippen LogP contribution in [-0.4, -0.2) is 53.5 Å². The molecule has 12 heteroatoms. The number of aromatic nitrogens is 1. The minimum absolute atomic E-state index is 0.0405. The van der Waals surface area contributed by atoms with Crippen molar-refractivity contribution < 1.29 is 28.6 Å². The third kappa shape index (κ3) is 9.47. The molecule has 2 atom stereocenters. The fraction of sp³-hybridized carbons (Fsp3) is 0.480. The number of rotatable bonds is 14. The fourth-order valence-corrected chi connectivity index (χ4v) is 3.67. The Morgan fingerprint density at radius 1 is 1.22 bits per heavy atom. The van der Waals surface area contributed by atoms with Crippen molar-refractivity contribution in [3.63, 3.8) is 0 Å². The second kappa shape index (κ2) is 13.9. The van der Waals surface area contributed by atoms with Crippen molar-refractivity contribution in [2.45, 2.75) is 58.5 Å². The number of aliphatic carboxylic acids is 1. The molecule has 2 amide bonds. The number of aryl methyl sites for hydroxylation is 1. The minimum Gasteiger partial charge on any atom is -0.497 e. The maximum absolute atomic E-state index is 12.8. The maximum Gasteiger partial charge on any atom is 0.326 e. The number of benzene rings is 1. The van der Waals surface area contributed by atoms with Crippen LogP contribution < -0.4 is 26.8 Å². The van der Waals surface area contributed by atoms with E-state index in [1.54, 1.807) is 32.2 Å². The van der Waals surface area contributed by atoms with E-state index in [1.807, 2.05) is 19.9 Å². The molecule has 37 heavy (non-hydrogen) atoms. The maximum atomic E-state index is 12.8. The van der Waals surface area contributed by atoms with Gasteiger partial charge in [-0.05, 0) is 49.8 Å². The molecule has 202 valence electrons. The first-order valence-corrected chi connectivity index (χ1v) is 12.0. The number of carboxylic acids is 1. The molecule has 0 bridgehead atoms. The van der Waals surface area contributed by atoms with Gasteiger partial charge in [-0.15, -0.1) is 0 Å². The van der Waals surface area contributed by atoms with Crippen LogP contribution >= 0.6 is 0 Å². The molecule has 0 saturated heterocycles. The van der Waals surface area contributed by atoms with E-state index < -0.39 is 24.0 Å². The lowest BCUT2D eigenvalue weighted by atomic mass is 10.0. The summed E-state index contributed by atoms with van der Waals surface area (Å²) in [7, 11) is 1.56. The molecule has 1 aromatic carbocycles. The molecule has 12 nitrogen and oxygen atoms in total. The zero-order valence-corrected chi connectivity index (χ0v) is 21.6. The molecule has 1 aromatic heterocycles. The Morgan fingerprint density at radius 3 is 2.57 bits per heavy atom. The summed E-state index contributed by atoms with van der Waals surface area (Å²) >= 11 is 0. The summed E-state index contributed by atoms with van der Waals surface area (Å²) in [5, 5.41) is 14.9. The van der Waals surface area contributed by atoms with Crippen LogP contribution in [0.5, 0.6) is 5.75 Å². The Morgan fingerprint density at radius 2 is 1.95 bits per heavy atom. The molecule has 0 saturated carbocycles. The Labute approximate surface area is 215 Å². The van der Waals surface area contributed by atoms with E-state index in [0.717, 1.165) is 5.56 Å². The summed E-state index contributed by atoms with van der Waals surface area (Å²) in [6, 6.07) is 5.48. The summed E-state index contributed by atoms with van der Waals surface area (Å²) in [5.41, 5.74) is 11.3. The molecule has 0 radical (unpaired) electrons. The van der Waals surface area contributed by atoms with Crippen molar-refractivity contribution in [1.82, 2.24) is 15.6 Å². The Balaban J connectivity index is 2.13. The van der Waals surface area contributed by atoms with Crippen molar-refractivity contribution in [2.75, 3.05) is 13.7 Å². The predicted octanol–water partition coefficient (Wildman–Crippen LogP) is 1.67. The van der Waals surface area contributed by atoms with Gasteiger partial charge in [0.05, 0.1) is 13.5 Å². The average Bonchev–Trinajstić information content (AvgIpc) is 3.21. The van der Waals surface area contributed by atoms with Crippen molar-refractivity contribution in [1.29, 1.82) is 0 Å². The number of nitrogens with one attached hydrogen (secondary N) is 2. The van der Waals surface area contributed by atoms with Crippen molar-refractivity contribution in [3.05, 3.63) is 47.2 Å². The number of amides is 2. The summed E-state index contributed by atoms with van der Waals surface area (Å²) in [6.45, 7) is 5.78. The first-order valence-electron chi connectivity index (χ1n) is 12.0. The lowest BCUT2D eigenvalue weighted by molar-refractivity contribution is -0.139. The molecule has 2 aromatic rings. The van der Waals surface area contributed by atoms with Gasteiger partial charge in [0, 0.05) is 6.54 Å². The number of oxazole rings is 1. The molecule has 1 heterocycles. The van der Waals surface area contributed by atoms with Crippen LogP contribution in [0.25, 0.3) is 0 Å². The van der Waals surface area contributed by atoms with Gasteiger partial charge in [-0.3, -0.25) is 14.6 Å². The van der Waals surface area contributed by atoms with E-state index in [1.165, 1.54) is 0 Å². The van der Waals surface area contributed by atoms with E-state index in [4.69, 9.17) is 20.6 Å². The third-order valence-electron chi connectivity index (χ3n) is 5.42. The van der Waals surface area contributed by atoms with E-state index in [0.29, 0.717) is 18.6 Å². The monoisotopic (exact) mass is 516 g/mol. The number of carboxylic acid groups (broad SMARTS) is 1. The van der Waals surface area contributed by atoms with Gasteiger partial charge in [0.1, 0.15) is 23.6 Å². The van der Waals surface area contributed by atoms with E-state index in [-0.39, 0.29) is 54.5 Å². The Bertz CT molecular complexity index is 1110. The van der Waals surface area contributed by atoms with Gasteiger partial charge < -0.3 is 36.4 Å². The van der Waals surface area contributed by atoms with E-state index in [9.17, 15) is 19.5 Å². The fourth-order valence-electron chi connectivity index (χ4n) is 3.67. The number of guanidine groups is 1. The highest BCUT2D eigenvalue weighted by Gasteiger charge is 2.28. The standard InChI is InChI=1S/C25H36N6O6/c1-14(2)11-19(29-20(32)13-16-7-5-8-17(12-16)36-4)23-31-21(15(3)37-23)22(33)30-18(24(34)35)9-6-10-28-25(26)27/h5,7-8,12,14,18-19H,6,9-11,13H2,1-4H3,(H,29,32)(H,30,33)(H,34,35)(H4,26,27,28). The predicted molar refractivity (Wildman–Crippen MR) is 137 cm³/mol. The number of carbonyl (C=O) groups is 3. The molecular formula is C25H36N6O6. The Hall–Kier alpha value is -4.09. The summed E-state index contributed by atoms with van der Waals surface area (Å²) in [5.74, 6) is -0.981. The summed E-state index contributed by atoms with van der Waals surface area (Å²) in [4.78, 5) is 45.4. The lowest BCUT2D eigenvalue weighted by Gasteiger charge is -2.18. The zero-order valence-electron chi connectivity index (χ0n) is 21.6. The van der Waals surface area contributed by atoms with Crippen LogP contribution in [0.15, 0.2) is 33.7 Å². The zero-order chi connectivity index (χ0) is 27.5. The van der Waals surface area contributed by atoms with Crippen LogP contribution in [0.2, 0.25) is 0 Å². The minimum atomic E-state index is -1.19. The molecule has 0 spiro atoms. The highest BCUT2D eigenvalue weighted by atomic mass is 16.5. The first-order chi connectivity index (χ1) is 17.5. The SMILES string of the molecule is COc1cccc(CC(=O)NC(CC(C)C)c2nc(C(=O)NC(CCCN=C(N)N)C(=O)O)c(C)o2)c1. The summed E-state index contributed by atoms with van der Waals surface area (Å²) in [6.07, 6.45) is 1.12. The van der Waals surface area contributed by atoms with Crippen LogP contribution in [0.3, 0.4) is 0 Å².